The minimum absolute atomic E-state index is 0.00301. The second kappa shape index (κ2) is 18.2. The Balaban J connectivity index is 1.84. The van der Waals surface area contributed by atoms with Crippen LogP contribution in [0, 0.1) is 5.41 Å². The van der Waals surface area contributed by atoms with Gasteiger partial charge in [0.1, 0.15) is 36.6 Å². The van der Waals surface area contributed by atoms with E-state index in [4.69, 9.17) is 53.0 Å². The fourth-order valence-electron chi connectivity index (χ4n) is 5.84. The molecule has 0 bridgehead atoms. The van der Waals surface area contributed by atoms with Crippen molar-refractivity contribution in [3.63, 3.8) is 0 Å². The van der Waals surface area contributed by atoms with Gasteiger partial charge < -0.3 is 89.1 Å². The largest absolute Gasteiger partial charge is 0.394 e. The molecule has 1 saturated carbocycles. The summed E-state index contributed by atoms with van der Waals surface area (Å²) in [5, 5.41) is 68.4. The van der Waals surface area contributed by atoms with Crippen molar-refractivity contribution in [1.29, 1.82) is 5.41 Å². The lowest BCUT2D eigenvalue weighted by atomic mass is 9.84. The minimum atomic E-state index is -2.13. The number of hydrogen-bond acceptors (Lipinski definition) is 16. The molecule has 2 aliphatic heterocycles. The third kappa shape index (κ3) is 10.3. The Labute approximate surface area is 272 Å². The van der Waals surface area contributed by atoms with E-state index in [2.05, 4.69) is 16.0 Å². The number of aliphatic hydroxyl groups excluding tert-OH is 5. The highest BCUT2D eigenvalue weighted by atomic mass is 19.1. The standard InChI is InChI=1S/C27H54FN9O10/c1-10(31)3-5-35-27(34)37-19-20(41)17(9-38)45-26(21(19)42)47-23-13(36-24(43)14(39)2-4-29)6-11(32)22(18(23)28)46-25-12(33)7-15(40)16(8-30)44-25/h10-23,25-26,38-42H,2-9,29-33H2,1H3,(H,36,43)(H3,34,35,37)/t10-,11?,12?,13-,14+,15+,16?,17-,18?,19-,20?,21-,22-,23?,25-,26?/m1/s1. The van der Waals surface area contributed by atoms with Crippen LogP contribution in [0.25, 0.3) is 0 Å². The maximum Gasteiger partial charge on any atom is 0.249 e. The van der Waals surface area contributed by atoms with Gasteiger partial charge in [-0.25, -0.2) is 4.39 Å². The summed E-state index contributed by atoms with van der Waals surface area (Å²) in [5.41, 5.74) is 29.3. The molecular weight excluding hydrogens is 629 g/mol. The van der Waals surface area contributed by atoms with E-state index in [1.54, 1.807) is 6.92 Å². The van der Waals surface area contributed by atoms with Crippen molar-refractivity contribution in [1.82, 2.24) is 16.0 Å². The highest BCUT2D eigenvalue weighted by Gasteiger charge is 2.53. The van der Waals surface area contributed by atoms with Gasteiger partial charge in [-0.2, -0.15) is 0 Å². The highest BCUT2D eigenvalue weighted by Crippen LogP contribution is 2.33. The van der Waals surface area contributed by atoms with E-state index in [0.717, 1.165) is 0 Å². The van der Waals surface area contributed by atoms with Gasteiger partial charge in [-0.05, 0) is 39.2 Å². The van der Waals surface area contributed by atoms with Crippen molar-refractivity contribution in [3.8, 4) is 0 Å². The molecular formula is C27H54FN9O10. The summed E-state index contributed by atoms with van der Waals surface area (Å²) >= 11 is 0. The van der Waals surface area contributed by atoms with E-state index >= 15 is 4.39 Å². The summed E-state index contributed by atoms with van der Waals surface area (Å²) < 4.78 is 39.7. The molecule has 0 spiro atoms. The fraction of sp³-hybridized carbons (Fsp3) is 0.926. The molecule has 3 aliphatic rings. The molecule has 0 aromatic heterocycles. The third-order valence-electron chi connectivity index (χ3n) is 8.56. The number of amides is 1. The molecule has 7 unspecified atom stereocenters. The van der Waals surface area contributed by atoms with Crippen LogP contribution < -0.4 is 44.6 Å². The predicted octanol–water partition coefficient (Wildman–Crippen LogP) is -6.56. The number of guanidine groups is 1. The molecule has 1 amide bonds. The molecule has 3 rings (SSSR count). The van der Waals surface area contributed by atoms with Crippen LogP contribution >= 0.6 is 0 Å². The number of hydrogen-bond donors (Lipinski definition) is 14. The van der Waals surface area contributed by atoms with E-state index in [1.807, 2.05) is 0 Å². The van der Waals surface area contributed by atoms with Crippen molar-refractivity contribution in [3.05, 3.63) is 0 Å². The lowest BCUT2D eigenvalue weighted by molar-refractivity contribution is -0.311. The van der Waals surface area contributed by atoms with Gasteiger partial charge >= 0.3 is 0 Å². The van der Waals surface area contributed by atoms with Crippen LogP contribution in [0.15, 0.2) is 0 Å². The number of halogens is 1. The van der Waals surface area contributed by atoms with Crippen molar-refractivity contribution >= 4 is 11.9 Å². The maximum atomic E-state index is 16.6. The molecule has 47 heavy (non-hydrogen) atoms. The molecule has 0 aromatic rings. The molecule has 0 radical (unpaired) electrons. The van der Waals surface area contributed by atoms with Gasteiger partial charge in [0.05, 0.1) is 36.9 Å². The van der Waals surface area contributed by atoms with Crippen molar-refractivity contribution in [2.24, 2.45) is 28.7 Å². The first-order valence-electron chi connectivity index (χ1n) is 15.9. The topological polar surface area (TPSA) is 345 Å². The summed E-state index contributed by atoms with van der Waals surface area (Å²) in [5.74, 6) is -1.14. The number of aliphatic hydroxyl groups is 5. The molecule has 274 valence electrons. The van der Waals surface area contributed by atoms with Crippen LogP contribution in [-0.2, 0) is 23.7 Å². The number of nitrogens with two attached hydrogens (primary N) is 5. The summed E-state index contributed by atoms with van der Waals surface area (Å²) in [7, 11) is 0. The maximum absolute atomic E-state index is 16.6. The van der Waals surface area contributed by atoms with E-state index in [-0.39, 0.29) is 44.4 Å². The molecule has 19 nitrogen and oxygen atoms in total. The highest BCUT2D eigenvalue weighted by molar-refractivity contribution is 5.80. The SMILES string of the molecule is C[C@@H](N)CCNC(=N)N[C@@H]1C(O)[C@@H](CO)OC(OC2C(F)[C@H](O[C@H]3OC(CN)[C@@H](O)CC3N)C(N)C[C@H]2NC(=O)[C@@H](O)CCN)[C@@H]1O. The van der Waals surface area contributed by atoms with Crippen LogP contribution in [0.2, 0.25) is 0 Å². The quantitative estimate of drug-likeness (QED) is 0.0597. The number of carbonyl (C=O) groups excluding carboxylic acids is 1. The first kappa shape index (κ1) is 39.5. The second-order valence-electron chi connectivity index (χ2n) is 12.4. The third-order valence-corrected chi connectivity index (χ3v) is 8.56. The summed E-state index contributed by atoms with van der Waals surface area (Å²) in [6.45, 7) is 1.31. The lowest BCUT2D eigenvalue weighted by Gasteiger charge is -2.48. The average molecular weight is 684 g/mol. The minimum Gasteiger partial charge on any atom is -0.394 e. The monoisotopic (exact) mass is 683 g/mol. The Morgan fingerprint density at radius 2 is 1.66 bits per heavy atom. The van der Waals surface area contributed by atoms with Crippen LogP contribution in [-0.4, -0.2) is 161 Å². The zero-order valence-electron chi connectivity index (χ0n) is 26.4. The Hall–Kier alpha value is -1.89. The van der Waals surface area contributed by atoms with E-state index in [0.29, 0.717) is 13.0 Å². The molecule has 0 aromatic carbocycles. The summed E-state index contributed by atoms with van der Waals surface area (Å²) in [6, 6.07) is -4.60. The summed E-state index contributed by atoms with van der Waals surface area (Å²) in [6.07, 6.45) is -15.7. The van der Waals surface area contributed by atoms with Gasteiger partial charge in [0.15, 0.2) is 24.7 Å². The predicted molar refractivity (Wildman–Crippen MR) is 164 cm³/mol. The average Bonchev–Trinajstić information content (AvgIpc) is 3.01. The molecule has 19 N–H and O–H groups in total. The number of carbonyl (C=O) groups is 1. The first-order valence-corrected chi connectivity index (χ1v) is 15.9. The number of ether oxygens (including phenoxy) is 4. The van der Waals surface area contributed by atoms with Crippen LogP contribution in [0.4, 0.5) is 4.39 Å². The molecule has 1 aliphatic carbocycles. The zero-order valence-corrected chi connectivity index (χ0v) is 26.4. The van der Waals surface area contributed by atoms with Crippen molar-refractivity contribution in [2.45, 2.75) is 130 Å². The van der Waals surface area contributed by atoms with Crippen molar-refractivity contribution < 1.29 is 53.7 Å². The molecule has 2 saturated heterocycles. The van der Waals surface area contributed by atoms with Crippen molar-refractivity contribution in [2.75, 3.05) is 26.2 Å². The van der Waals surface area contributed by atoms with E-state index < -0.39 is 104 Å². The molecule has 2 heterocycles. The second-order valence-corrected chi connectivity index (χ2v) is 12.4. The normalized spacial score (nSPS) is 40.7. The Kier molecular flexibility index (Phi) is 15.3. The van der Waals surface area contributed by atoms with Gasteiger partial charge in [0.25, 0.3) is 0 Å². The van der Waals surface area contributed by atoms with Gasteiger partial charge in [-0.15, -0.1) is 0 Å². The van der Waals surface area contributed by atoms with Crippen LogP contribution in [0.5, 0.6) is 0 Å². The smallest absolute Gasteiger partial charge is 0.249 e. The Bertz CT molecular complexity index is 995. The molecule has 3 fully saturated rings. The van der Waals surface area contributed by atoms with Crippen LogP contribution in [0.1, 0.15) is 32.6 Å². The van der Waals surface area contributed by atoms with Gasteiger partial charge in [0, 0.05) is 25.2 Å². The van der Waals surface area contributed by atoms with Gasteiger partial charge in [-0.1, -0.05) is 0 Å². The van der Waals surface area contributed by atoms with E-state index in [9.17, 15) is 30.3 Å². The van der Waals surface area contributed by atoms with Gasteiger partial charge in [-0.3, -0.25) is 10.2 Å². The fourth-order valence-corrected chi connectivity index (χ4v) is 5.84. The first-order chi connectivity index (χ1) is 22.2. The molecule has 20 heteroatoms. The number of alkyl halides is 1. The summed E-state index contributed by atoms with van der Waals surface area (Å²) in [4.78, 5) is 12.8. The lowest BCUT2D eigenvalue weighted by Crippen LogP contribution is -2.69. The van der Waals surface area contributed by atoms with Crippen LogP contribution in [0.3, 0.4) is 0 Å². The number of nitrogens with one attached hydrogen (secondary N) is 4. The number of rotatable bonds is 14. The molecule has 16 atom stereocenters. The Morgan fingerprint density at radius 1 is 1.00 bits per heavy atom. The zero-order chi connectivity index (χ0) is 35.0. The van der Waals surface area contributed by atoms with Gasteiger partial charge in [0.2, 0.25) is 5.91 Å². The van der Waals surface area contributed by atoms with E-state index in [1.165, 1.54) is 0 Å². The Morgan fingerprint density at radius 3 is 2.28 bits per heavy atom.